The SMILES string of the molecule is O=C(CSc1nnc(N2CCOCC2)n1Cc1ccccc1)c1ccc2c(c1)CCCC2. The number of hydrogen-bond donors (Lipinski definition) is 0. The average molecular weight is 449 g/mol. The summed E-state index contributed by atoms with van der Waals surface area (Å²) in [5.74, 6) is 1.35. The van der Waals surface area contributed by atoms with Crippen molar-refractivity contribution in [1.29, 1.82) is 0 Å². The Bertz CT molecular complexity index is 1080. The minimum absolute atomic E-state index is 0.144. The van der Waals surface area contributed by atoms with Gasteiger partial charge in [0.25, 0.3) is 0 Å². The van der Waals surface area contributed by atoms with E-state index in [1.807, 2.05) is 24.3 Å². The van der Waals surface area contributed by atoms with Crippen LogP contribution in [0.3, 0.4) is 0 Å². The Hall–Kier alpha value is -2.64. The summed E-state index contributed by atoms with van der Waals surface area (Å²) in [5, 5.41) is 9.74. The number of ether oxygens (including phenoxy) is 1. The minimum atomic E-state index is 0.144. The molecule has 5 rings (SSSR count). The van der Waals surface area contributed by atoms with Crippen LogP contribution in [-0.2, 0) is 24.1 Å². The van der Waals surface area contributed by atoms with Gasteiger partial charge in [-0.3, -0.25) is 9.36 Å². The molecular formula is C25H28N4O2S. The van der Waals surface area contributed by atoms with Crippen molar-refractivity contribution in [2.45, 2.75) is 37.4 Å². The number of fused-ring (bicyclic) bond motifs is 1. The molecule has 0 atom stereocenters. The monoisotopic (exact) mass is 448 g/mol. The predicted molar refractivity (Wildman–Crippen MR) is 127 cm³/mol. The Morgan fingerprint density at radius 3 is 2.56 bits per heavy atom. The first kappa shape index (κ1) is 21.2. The van der Waals surface area contributed by atoms with Gasteiger partial charge in [-0.25, -0.2) is 0 Å². The quantitative estimate of drug-likeness (QED) is 0.402. The number of morpholine rings is 1. The number of ketones is 1. The highest BCUT2D eigenvalue weighted by Gasteiger charge is 2.22. The van der Waals surface area contributed by atoms with Crippen LogP contribution in [0.1, 0.15) is 39.9 Å². The van der Waals surface area contributed by atoms with Crippen molar-refractivity contribution in [1.82, 2.24) is 14.8 Å². The molecule has 0 amide bonds. The van der Waals surface area contributed by atoms with E-state index in [1.165, 1.54) is 41.3 Å². The summed E-state index contributed by atoms with van der Waals surface area (Å²) in [6, 6.07) is 16.5. The van der Waals surface area contributed by atoms with Gasteiger partial charge in [0.1, 0.15) is 0 Å². The molecule has 1 aliphatic carbocycles. The summed E-state index contributed by atoms with van der Waals surface area (Å²) in [5.41, 5.74) is 4.73. The number of benzene rings is 2. The van der Waals surface area contributed by atoms with Crippen LogP contribution in [0.15, 0.2) is 53.7 Å². The molecule has 0 radical (unpaired) electrons. The summed E-state index contributed by atoms with van der Waals surface area (Å²) < 4.78 is 7.64. The second kappa shape index (κ2) is 9.88. The van der Waals surface area contributed by atoms with Gasteiger partial charge in [-0.1, -0.05) is 54.2 Å². The third-order valence-corrected chi connectivity index (χ3v) is 7.14. The van der Waals surface area contributed by atoms with E-state index in [4.69, 9.17) is 4.74 Å². The van der Waals surface area contributed by atoms with Crippen molar-refractivity contribution in [3.63, 3.8) is 0 Å². The second-order valence-corrected chi connectivity index (χ2v) is 9.30. The topological polar surface area (TPSA) is 60.3 Å². The van der Waals surface area contributed by atoms with Gasteiger partial charge in [0.05, 0.1) is 25.5 Å². The van der Waals surface area contributed by atoms with Crippen LogP contribution in [0.25, 0.3) is 0 Å². The van der Waals surface area contributed by atoms with Crippen LogP contribution in [-0.4, -0.2) is 52.6 Å². The Labute approximate surface area is 193 Å². The highest BCUT2D eigenvalue weighted by atomic mass is 32.2. The van der Waals surface area contributed by atoms with E-state index in [2.05, 4.69) is 43.9 Å². The Balaban J connectivity index is 1.34. The molecule has 166 valence electrons. The standard InChI is InChI=1S/C25H28N4O2S/c30-23(22-11-10-20-8-4-5-9-21(20)16-22)18-32-25-27-26-24(28-12-14-31-15-13-28)29(25)17-19-6-2-1-3-7-19/h1-3,6-7,10-11,16H,4-5,8-9,12-15,17-18H2. The number of aromatic nitrogens is 3. The van der Waals surface area contributed by atoms with Gasteiger partial charge < -0.3 is 9.64 Å². The number of hydrogen-bond acceptors (Lipinski definition) is 6. The van der Waals surface area contributed by atoms with Crippen LogP contribution in [0.2, 0.25) is 0 Å². The first-order valence-corrected chi connectivity index (χ1v) is 12.3. The summed E-state index contributed by atoms with van der Waals surface area (Å²) in [7, 11) is 0. The fourth-order valence-electron chi connectivity index (χ4n) is 4.41. The zero-order valence-electron chi connectivity index (χ0n) is 18.2. The molecule has 6 nitrogen and oxygen atoms in total. The molecule has 7 heteroatoms. The van der Waals surface area contributed by atoms with E-state index in [9.17, 15) is 4.79 Å². The van der Waals surface area contributed by atoms with E-state index in [-0.39, 0.29) is 5.78 Å². The lowest BCUT2D eigenvalue weighted by atomic mass is 9.90. The first-order chi connectivity index (χ1) is 15.8. The maximum Gasteiger partial charge on any atom is 0.228 e. The van der Waals surface area contributed by atoms with Crippen LogP contribution in [0.5, 0.6) is 0 Å². The molecule has 0 saturated carbocycles. The minimum Gasteiger partial charge on any atom is -0.378 e. The molecule has 0 N–H and O–H groups in total. The van der Waals surface area contributed by atoms with E-state index in [0.717, 1.165) is 42.6 Å². The van der Waals surface area contributed by atoms with Crippen molar-refractivity contribution in [3.05, 3.63) is 70.8 Å². The normalized spacial score (nSPS) is 16.1. The molecular weight excluding hydrogens is 420 g/mol. The van der Waals surface area contributed by atoms with Gasteiger partial charge in [0, 0.05) is 18.7 Å². The van der Waals surface area contributed by atoms with E-state index < -0.39 is 0 Å². The molecule has 1 fully saturated rings. The van der Waals surface area contributed by atoms with Crippen molar-refractivity contribution < 1.29 is 9.53 Å². The molecule has 2 aliphatic rings. The summed E-state index contributed by atoms with van der Waals surface area (Å²) >= 11 is 1.47. The lowest BCUT2D eigenvalue weighted by Crippen LogP contribution is -2.38. The average Bonchev–Trinajstić information content (AvgIpc) is 3.25. The third kappa shape index (κ3) is 4.74. The summed E-state index contributed by atoms with van der Waals surface area (Å²) in [4.78, 5) is 15.2. The molecule has 2 aromatic carbocycles. The number of anilines is 1. The van der Waals surface area contributed by atoms with Gasteiger partial charge in [-0.2, -0.15) is 0 Å². The van der Waals surface area contributed by atoms with Gasteiger partial charge in [0.2, 0.25) is 5.95 Å². The van der Waals surface area contributed by atoms with Crippen LogP contribution in [0.4, 0.5) is 5.95 Å². The maximum atomic E-state index is 13.0. The second-order valence-electron chi connectivity index (χ2n) is 8.36. The van der Waals surface area contributed by atoms with Gasteiger partial charge >= 0.3 is 0 Å². The number of carbonyl (C=O) groups is 1. The zero-order chi connectivity index (χ0) is 21.8. The van der Waals surface area contributed by atoms with E-state index >= 15 is 0 Å². The van der Waals surface area contributed by atoms with Crippen LogP contribution < -0.4 is 4.90 Å². The molecule has 1 aromatic heterocycles. The Morgan fingerprint density at radius 1 is 0.969 bits per heavy atom. The highest BCUT2D eigenvalue weighted by Crippen LogP contribution is 2.26. The molecule has 32 heavy (non-hydrogen) atoms. The maximum absolute atomic E-state index is 13.0. The number of thioether (sulfide) groups is 1. The number of aryl methyl sites for hydroxylation is 2. The fraction of sp³-hybridized carbons (Fsp3) is 0.400. The van der Waals surface area contributed by atoms with E-state index in [1.54, 1.807) is 0 Å². The largest absolute Gasteiger partial charge is 0.378 e. The molecule has 3 aromatic rings. The number of Topliss-reactive ketones (excluding diaryl/α,β-unsaturated/α-hetero) is 1. The Morgan fingerprint density at radius 2 is 1.75 bits per heavy atom. The third-order valence-electron chi connectivity index (χ3n) is 6.18. The van der Waals surface area contributed by atoms with Gasteiger partial charge in [-0.05, 0) is 48.4 Å². The van der Waals surface area contributed by atoms with Crippen LogP contribution in [0, 0.1) is 0 Å². The number of carbonyl (C=O) groups excluding carboxylic acids is 1. The molecule has 0 bridgehead atoms. The first-order valence-electron chi connectivity index (χ1n) is 11.4. The number of rotatable bonds is 7. The summed E-state index contributed by atoms with van der Waals surface area (Å²) in [6.45, 7) is 3.65. The lowest BCUT2D eigenvalue weighted by Gasteiger charge is -2.28. The molecule has 0 unspecified atom stereocenters. The van der Waals surface area contributed by atoms with Gasteiger partial charge in [-0.15, -0.1) is 10.2 Å². The summed E-state index contributed by atoms with van der Waals surface area (Å²) in [6.07, 6.45) is 4.67. The molecule has 2 heterocycles. The predicted octanol–water partition coefficient (Wildman–Crippen LogP) is 4.02. The molecule has 0 spiro atoms. The van der Waals surface area contributed by atoms with Crippen molar-refractivity contribution in [2.75, 3.05) is 37.0 Å². The van der Waals surface area contributed by atoms with Gasteiger partial charge in [0.15, 0.2) is 10.9 Å². The fourth-order valence-corrected chi connectivity index (χ4v) is 5.24. The molecule has 1 saturated heterocycles. The van der Waals surface area contributed by atoms with Crippen molar-refractivity contribution in [2.24, 2.45) is 0 Å². The highest BCUT2D eigenvalue weighted by molar-refractivity contribution is 7.99. The van der Waals surface area contributed by atoms with Crippen molar-refractivity contribution >= 4 is 23.5 Å². The molecule has 1 aliphatic heterocycles. The lowest BCUT2D eigenvalue weighted by molar-refractivity contribution is 0.102. The van der Waals surface area contributed by atoms with Crippen LogP contribution >= 0.6 is 11.8 Å². The smallest absolute Gasteiger partial charge is 0.228 e. The zero-order valence-corrected chi connectivity index (χ0v) is 19.0. The van der Waals surface area contributed by atoms with E-state index in [0.29, 0.717) is 25.5 Å². The number of nitrogens with zero attached hydrogens (tertiary/aromatic N) is 4. The Kier molecular flexibility index (Phi) is 6.55. The van der Waals surface area contributed by atoms with Crippen molar-refractivity contribution in [3.8, 4) is 0 Å².